The molecule has 0 aliphatic rings. The number of amides is 3. The molecule has 3 rings (SSSR count). The van der Waals surface area contributed by atoms with Crippen molar-refractivity contribution in [3.63, 3.8) is 0 Å². The average molecular weight is 816 g/mol. The predicted molar refractivity (Wildman–Crippen MR) is 206 cm³/mol. The Kier molecular flexibility index (Phi) is 24.0. The van der Waals surface area contributed by atoms with E-state index in [0.29, 0.717) is 42.3 Å². The van der Waals surface area contributed by atoms with E-state index in [9.17, 15) is 28.8 Å². The first-order valence-corrected chi connectivity index (χ1v) is 17.8. The summed E-state index contributed by atoms with van der Waals surface area (Å²) in [6, 6.07) is 18.3. The summed E-state index contributed by atoms with van der Waals surface area (Å²) in [5.41, 5.74) is 1.57. The molecule has 0 bridgehead atoms. The van der Waals surface area contributed by atoms with Gasteiger partial charge in [-0.25, -0.2) is 28.8 Å². The Morgan fingerprint density at radius 1 is 0.625 bits per heavy atom. The molecule has 3 aromatic carbocycles. The highest BCUT2D eigenvalue weighted by Gasteiger charge is 2.04. The normalized spacial score (nSPS) is 10.2. The number of carboxylic acids is 2. The molecule has 0 aliphatic heterocycles. The number of phenolic OH excluding ortho intramolecular Hbond substituents is 2. The van der Waals surface area contributed by atoms with E-state index in [-0.39, 0.29) is 32.3 Å². The number of carbonyl (C=O) groups excluding carboxylic acids is 4. The Hall–Kier alpha value is -6.98. The standard InChI is InChI=1S/C15H14NO7PS.C12H13NO5.C9H11NO3/c17-13(18)8-10-21-12-6-4-11(5-7-12)16-15(20)22-9-2-1-3-14(19)23-24-25;14-10-6-4-9(5-7-10)13-12(17)18-8-2-1-3-11(15)16;1-2-13-9(12)10-7-3-5-8(11)6-4-7/h1,3-8,10H,2,9H2,(H,16,20)(H,17,18);1,3-7,14H,2,8H2,(H,13,17)(H,15,16);3-6,11H,2H2,1H3,(H,10,12). The first kappa shape index (κ1) is 47.0. The van der Waals surface area contributed by atoms with Gasteiger partial charge in [0.2, 0.25) is 7.58 Å². The molecule has 20 heteroatoms. The Morgan fingerprint density at radius 2 is 1.04 bits per heavy atom. The minimum Gasteiger partial charge on any atom is -0.508 e. The third-order valence-electron chi connectivity index (χ3n) is 5.70. The highest BCUT2D eigenvalue weighted by atomic mass is 32.4. The van der Waals surface area contributed by atoms with Crippen LogP contribution in [0.3, 0.4) is 0 Å². The molecule has 0 unspecified atom stereocenters. The molecule has 7 N–H and O–H groups in total. The second-order valence-corrected chi connectivity index (χ2v) is 10.7. The number of hydrogen-bond donors (Lipinski definition) is 7. The van der Waals surface area contributed by atoms with E-state index in [2.05, 4.69) is 37.0 Å². The smallest absolute Gasteiger partial charge is 0.411 e. The highest BCUT2D eigenvalue weighted by Crippen LogP contribution is 2.17. The lowest BCUT2D eigenvalue weighted by Gasteiger charge is -2.06. The van der Waals surface area contributed by atoms with Crippen LogP contribution in [0.4, 0.5) is 31.4 Å². The van der Waals surface area contributed by atoms with E-state index < -0.39 is 36.2 Å². The van der Waals surface area contributed by atoms with Crippen molar-refractivity contribution in [1.82, 2.24) is 0 Å². The van der Waals surface area contributed by atoms with Gasteiger partial charge in [0.1, 0.15) is 17.2 Å². The number of ether oxygens (including phenoxy) is 4. The van der Waals surface area contributed by atoms with Gasteiger partial charge in [-0.15, -0.1) is 0 Å². The number of hydrogen-bond acceptors (Lipinski definition) is 14. The number of benzene rings is 3. The molecule has 3 amide bonds. The number of nitrogens with one attached hydrogen (secondary N) is 3. The van der Waals surface area contributed by atoms with Gasteiger partial charge in [0.25, 0.3) is 0 Å². The van der Waals surface area contributed by atoms with Crippen molar-refractivity contribution in [2.75, 3.05) is 35.8 Å². The summed E-state index contributed by atoms with van der Waals surface area (Å²) in [4.78, 5) is 65.1. The van der Waals surface area contributed by atoms with Crippen LogP contribution in [0, 0.1) is 0 Å². The zero-order valence-corrected chi connectivity index (χ0v) is 31.3. The van der Waals surface area contributed by atoms with Crippen LogP contribution in [0.25, 0.3) is 0 Å². The van der Waals surface area contributed by atoms with Gasteiger partial charge >= 0.3 is 36.2 Å². The minimum absolute atomic E-state index is 0.0857. The molecule has 0 heterocycles. The van der Waals surface area contributed by atoms with Crippen molar-refractivity contribution in [1.29, 1.82) is 0 Å². The van der Waals surface area contributed by atoms with Crippen molar-refractivity contribution in [3.05, 3.63) is 109 Å². The molecule has 18 nitrogen and oxygen atoms in total. The second kappa shape index (κ2) is 28.5. The van der Waals surface area contributed by atoms with E-state index >= 15 is 0 Å². The number of phenols is 2. The summed E-state index contributed by atoms with van der Waals surface area (Å²) >= 11 is 4.45. The Labute approximate surface area is 326 Å². The third kappa shape index (κ3) is 25.1. The summed E-state index contributed by atoms with van der Waals surface area (Å²) in [5, 5.41) is 42.2. The van der Waals surface area contributed by atoms with Crippen LogP contribution in [0.15, 0.2) is 109 Å². The molecule has 0 saturated carbocycles. The molecule has 0 radical (unpaired) electrons. The Bertz CT molecular complexity index is 1800. The molecule has 0 atom stereocenters. The van der Waals surface area contributed by atoms with Crippen LogP contribution >= 0.6 is 7.58 Å². The molecule has 0 aliphatic carbocycles. The zero-order chi connectivity index (χ0) is 41.6. The summed E-state index contributed by atoms with van der Waals surface area (Å²) in [6.07, 6.45) is 5.89. The molecule has 0 aromatic heterocycles. The fraction of sp³-hybridized carbons (Fsp3) is 0.167. The number of rotatable bonds is 16. The quantitative estimate of drug-likeness (QED) is 0.0192. The van der Waals surface area contributed by atoms with Gasteiger partial charge in [-0.05, 0) is 91.5 Å². The highest BCUT2D eigenvalue weighted by molar-refractivity contribution is 7.94. The first-order valence-electron chi connectivity index (χ1n) is 16.0. The SMILES string of the molecule is CCOC(=O)Nc1ccc(O)cc1.O=C(O)C=CCCOC(=O)Nc1ccc(O)cc1.O=C(O)C=COc1ccc(NC(=O)OCCC=CC(=O)OP=S)cc1. The number of carboxylic acid groups (broad SMARTS) is 2. The maximum absolute atomic E-state index is 11.6. The average Bonchev–Trinajstić information content (AvgIpc) is 3.14. The van der Waals surface area contributed by atoms with Crippen LogP contribution in [-0.4, -0.2) is 76.4 Å². The van der Waals surface area contributed by atoms with Crippen molar-refractivity contribution in [3.8, 4) is 17.2 Å². The van der Waals surface area contributed by atoms with Gasteiger partial charge in [0.15, 0.2) is 0 Å². The minimum atomic E-state index is -1.12. The number of carbonyl (C=O) groups is 6. The Balaban J connectivity index is 0.000000443. The van der Waals surface area contributed by atoms with Crippen LogP contribution in [0.5, 0.6) is 17.2 Å². The molecule has 3 aromatic rings. The van der Waals surface area contributed by atoms with Gasteiger partial charge in [0, 0.05) is 42.1 Å². The molecule has 298 valence electrons. The number of anilines is 3. The molecule has 0 fully saturated rings. The lowest BCUT2D eigenvalue weighted by molar-refractivity contribution is -0.132. The molecule has 0 spiro atoms. The van der Waals surface area contributed by atoms with Gasteiger partial charge in [-0.3, -0.25) is 16.0 Å². The van der Waals surface area contributed by atoms with Crippen LogP contribution < -0.4 is 20.7 Å². The van der Waals surface area contributed by atoms with Gasteiger partial charge in [0.05, 0.1) is 32.2 Å². The van der Waals surface area contributed by atoms with E-state index in [0.717, 1.165) is 18.4 Å². The van der Waals surface area contributed by atoms with Crippen molar-refractivity contribution < 1.29 is 72.7 Å². The summed E-state index contributed by atoms with van der Waals surface area (Å²) in [6.45, 7) is 2.25. The molecule has 0 saturated heterocycles. The summed E-state index contributed by atoms with van der Waals surface area (Å²) in [7, 11) is 0.105. The summed E-state index contributed by atoms with van der Waals surface area (Å²) in [5.74, 6) is -2.04. The second-order valence-electron chi connectivity index (χ2n) is 9.95. The van der Waals surface area contributed by atoms with Crippen molar-refractivity contribution in [2.24, 2.45) is 0 Å². The van der Waals surface area contributed by atoms with E-state index in [1.165, 1.54) is 54.6 Å². The van der Waals surface area contributed by atoms with Gasteiger partial charge < -0.3 is 43.9 Å². The number of aliphatic carboxylic acids is 2. The Morgan fingerprint density at radius 3 is 1.45 bits per heavy atom. The van der Waals surface area contributed by atoms with Crippen molar-refractivity contribution in [2.45, 2.75) is 19.8 Å². The maximum Gasteiger partial charge on any atom is 0.411 e. The predicted octanol–water partition coefficient (Wildman–Crippen LogP) is 6.96. The summed E-state index contributed by atoms with van der Waals surface area (Å²) < 4.78 is 23.9. The van der Waals surface area contributed by atoms with Crippen LogP contribution in [0.2, 0.25) is 0 Å². The van der Waals surface area contributed by atoms with Gasteiger partial charge in [-0.2, -0.15) is 0 Å². The maximum atomic E-state index is 11.6. The topological polar surface area (TPSA) is 266 Å². The van der Waals surface area contributed by atoms with Crippen LogP contribution in [-0.2, 0) is 44.9 Å². The first-order chi connectivity index (χ1) is 26.8. The van der Waals surface area contributed by atoms with E-state index in [1.807, 2.05) is 0 Å². The monoisotopic (exact) mass is 815 g/mol. The largest absolute Gasteiger partial charge is 0.508 e. The van der Waals surface area contributed by atoms with Crippen molar-refractivity contribution >= 4 is 72.6 Å². The van der Waals surface area contributed by atoms with Gasteiger partial charge in [-0.1, -0.05) is 12.2 Å². The molecular formula is C36H38N3O15PS. The lowest BCUT2D eigenvalue weighted by Crippen LogP contribution is -2.14. The number of aromatic hydroxyl groups is 2. The van der Waals surface area contributed by atoms with Crippen LogP contribution in [0.1, 0.15) is 19.8 Å². The fourth-order valence-electron chi connectivity index (χ4n) is 3.34. The lowest BCUT2D eigenvalue weighted by atomic mass is 10.3. The zero-order valence-electron chi connectivity index (χ0n) is 29.6. The molecular weight excluding hydrogens is 777 g/mol. The fourth-order valence-corrected chi connectivity index (χ4v) is 3.69. The third-order valence-corrected chi connectivity index (χ3v) is 6.17. The van der Waals surface area contributed by atoms with E-state index in [1.54, 1.807) is 43.3 Å². The molecule has 56 heavy (non-hydrogen) atoms. The van der Waals surface area contributed by atoms with E-state index in [4.69, 9.17) is 34.6 Å².